The standard InChI is InChI=1S/C15H27N3O.ClH/c1-12-2-6-18(7-3-12)15(19)11-17-5-4-13-8-16-9-14(13)10-17;/h12-14,16H,2-11H2,1H3;1H. The van der Waals surface area contributed by atoms with Crippen molar-refractivity contribution in [3.8, 4) is 0 Å². The zero-order chi connectivity index (χ0) is 13.2. The Labute approximate surface area is 128 Å². The Bertz CT molecular complexity index is 331. The first-order valence-electron chi connectivity index (χ1n) is 7.93. The molecule has 0 saturated carbocycles. The topological polar surface area (TPSA) is 35.6 Å². The molecule has 2 unspecified atom stereocenters. The maximum absolute atomic E-state index is 12.3. The van der Waals surface area contributed by atoms with Crippen molar-refractivity contribution in [3.05, 3.63) is 0 Å². The number of likely N-dealkylation sites (tertiary alicyclic amines) is 2. The van der Waals surface area contributed by atoms with Crippen molar-refractivity contribution < 1.29 is 4.79 Å². The predicted octanol–water partition coefficient (Wildman–Crippen LogP) is 1.21. The van der Waals surface area contributed by atoms with Crippen LogP contribution < -0.4 is 5.32 Å². The van der Waals surface area contributed by atoms with Crippen LogP contribution in [-0.4, -0.2) is 61.5 Å². The van der Waals surface area contributed by atoms with Crippen LogP contribution in [0.3, 0.4) is 0 Å². The Morgan fingerprint density at radius 3 is 2.55 bits per heavy atom. The number of nitrogens with zero attached hydrogens (tertiary/aromatic N) is 2. The summed E-state index contributed by atoms with van der Waals surface area (Å²) in [5.74, 6) is 2.80. The van der Waals surface area contributed by atoms with E-state index >= 15 is 0 Å². The Morgan fingerprint density at radius 2 is 1.80 bits per heavy atom. The highest BCUT2D eigenvalue weighted by Crippen LogP contribution is 2.26. The van der Waals surface area contributed by atoms with Crippen LogP contribution in [0.2, 0.25) is 0 Å². The van der Waals surface area contributed by atoms with Crippen molar-refractivity contribution in [3.63, 3.8) is 0 Å². The molecule has 3 saturated heterocycles. The molecule has 5 heteroatoms. The molecule has 0 aromatic carbocycles. The molecular weight excluding hydrogens is 274 g/mol. The lowest BCUT2D eigenvalue weighted by Gasteiger charge is -2.36. The summed E-state index contributed by atoms with van der Waals surface area (Å²) < 4.78 is 0. The van der Waals surface area contributed by atoms with Gasteiger partial charge in [-0.05, 0) is 56.7 Å². The zero-order valence-corrected chi connectivity index (χ0v) is 13.3. The lowest BCUT2D eigenvalue weighted by Crippen LogP contribution is -2.47. The Kier molecular flexibility index (Phi) is 5.70. The number of piperidine rings is 2. The highest BCUT2D eigenvalue weighted by atomic mass is 35.5. The lowest BCUT2D eigenvalue weighted by molar-refractivity contribution is -0.134. The van der Waals surface area contributed by atoms with Gasteiger partial charge in [0, 0.05) is 19.6 Å². The van der Waals surface area contributed by atoms with E-state index in [1.54, 1.807) is 0 Å². The Balaban J connectivity index is 0.00000147. The summed E-state index contributed by atoms with van der Waals surface area (Å²) in [7, 11) is 0. The van der Waals surface area contributed by atoms with E-state index in [0.29, 0.717) is 12.5 Å². The van der Waals surface area contributed by atoms with E-state index in [1.165, 1.54) is 25.8 Å². The summed E-state index contributed by atoms with van der Waals surface area (Å²) in [4.78, 5) is 16.8. The van der Waals surface area contributed by atoms with E-state index < -0.39 is 0 Å². The number of rotatable bonds is 2. The smallest absolute Gasteiger partial charge is 0.236 e. The van der Waals surface area contributed by atoms with Crippen LogP contribution in [0.4, 0.5) is 0 Å². The fourth-order valence-corrected chi connectivity index (χ4v) is 3.80. The van der Waals surface area contributed by atoms with Gasteiger partial charge < -0.3 is 10.2 Å². The SMILES string of the molecule is CC1CCN(C(=O)CN2CCC3CNCC3C2)CC1.Cl. The van der Waals surface area contributed by atoms with Gasteiger partial charge in [0.1, 0.15) is 0 Å². The third-order valence-electron chi connectivity index (χ3n) is 5.28. The summed E-state index contributed by atoms with van der Waals surface area (Å²) in [6, 6.07) is 0. The Hall–Kier alpha value is -0.320. The molecule has 20 heavy (non-hydrogen) atoms. The van der Waals surface area contributed by atoms with Gasteiger partial charge in [-0.15, -0.1) is 12.4 Å². The highest BCUT2D eigenvalue weighted by molar-refractivity contribution is 5.85. The molecule has 0 aliphatic carbocycles. The minimum absolute atomic E-state index is 0. The highest BCUT2D eigenvalue weighted by Gasteiger charge is 2.33. The molecule has 4 nitrogen and oxygen atoms in total. The van der Waals surface area contributed by atoms with Crippen LogP contribution in [0.15, 0.2) is 0 Å². The molecule has 3 heterocycles. The van der Waals surface area contributed by atoms with Crippen LogP contribution in [0.1, 0.15) is 26.2 Å². The minimum Gasteiger partial charge on any atom is -0.342 e. The van der Waals surface area contributed by atoms with Gasteiger partial charge in [0.2, 0.25) is 5.91 Å². The average Bonchev–Trinajstić information content (AvgIpc) is 2.87. The molecule has 116 valence electrons. The number of carbonyl (C=O) groups is 1. The van der Waals surface area contributed by atoms with Crippen LogP contribution in [0.5, 0.6) is 0 Å². The van der Waals surface area contributed by atoms with Gasteiger partial charge in [0.25, 0.3) is 0 Å². The van der Waals surface area contributed by atoms with E-state index in [9.17, 15) is 4.79 Å². The van der Waals surface area contributed by atoms with Gasteiger partial charge >= 0.3 is 0 Å². The predicted molar refractivity (Wildman–Crippen MR) is 83.1 cm³/mol. The molecule has 0 aromatic rings. The summed E-state index contributed by atoms with van der Waals surface area (Å²) in [6.45, 7) is 9.46. The fourth-order valence-electron chi connectivity index (χ4n) is 3.80. The van der Waals surface area contributed by atoms with Crippen LogP contribution >= 0.6 is 12.4 Å². The number of hydrogen-bond donors (Lipinski definition) is 1. The van der Waals surface area contributed by atoms with Gasteiger partial charge in [0.15, 0.2) is 0 Å². The largest absolute Gasteiger partial charge is 0.342 e. The van der Waals surface area contributed by atoms with Crippen molar-refractivity contribution in [2.24, 2.45) is 17.8 Å². The van der Waals surface area contributed by atoms with E-state index in [2.05, 4.69) is 22.0 Å². The summed E-state index contributed by atoms with van der Waals surface area (Å²) in [5.41, 5.74) is 0. The van der Waals surface area contributed by atoms with E-state index in [4.69, 9.17) is 0 Å². The van der Waals surface area contributed by atoms with Crippen molar-refractivity contribution in [2.75, 3.05) is 45.8 Å². The molecule has 2 atom stereocenters. The maximum atomic E-state index is 12.3. The number of hydrogen-bond acceptors (Lipinski definition) is 3. The summed E-state index contributed by atoms with van der Waals surface area (Å²) >= 11 is 0. The number of fused-ring (bicyclic) bond motifs is 1. The Morgan fingerprint density at radius 1 is 1.10 bits per heavy atom. The van der Waals surface area contributed by atoms with Gasteiger partial charge in [-0.1, -0.05) is 6.92 Å². The van der Waals surface area contributed by atoms with Crippen molar-refractivity contribution in [2.45, 2.75) is 26.2 Å². The van der Waals surface area contributed by atoms with Crippen LogP contribution in [-0.2, 0) is 4.79 Å². The second-order valence-corrected chi connectivity index (χ2v) is 6.77. The lowest BCUT2D eigenvalue weighted by atomic mass is 9.89. The van der Waals surface area contributed by atoms with E-state index in [-0.39, 0.29) is 12.4 Å². The summed E-state index contributed by atoms with van der Waals surface area (Å²) in [5, 5.41) is 3.48. The number of carbonyl (C=O) groups excluding carboxylic acids is 1. The minimum atomic E-state index is 0. The molecule has 3 fully saturated rings. The zero-order valence-electron chi connectivity index (χ0n) is 12.5. The van der Waals surface area contributed by atoms with Gasteiger partial charge in [0.05, 0.1) is 6.54 Å². The third-order valence-corrected chi connectivity index (χ3v) is 5.28. The monoisotopic (exact) mass is 301 g/mol. The molecular formula is C15H28ClN3O. The normalized spacial score (nSPS) is 31.8. The summed E-state index contributed by atoms with van der Waals surface area (Å²) in [6.07, 6.45) is 3.63. The number of halogens is 1. The van der Waals surface area contributed by atoms with Crippen molar-refractivity contribution in [1.29, 1.82) is 0 Å². The van der Waals surface area contributed by atoms with E-state index in [1.807, 2.05) is 0 Å². The van der Waals surface area contributed by atoms with Crippen LogP contribution in [0.25, 0.3) is 0 Å². The molecule has 3 rings (SSSR count). The molecule has 3 aliphatic rings. The third kappa shape index (κ3) is 3.66. The second kappa shape index (κ2) is 7.10. The van der Waals surface area contributed by atoms with E-state index in [0.717, 1.165) is 50.5 Å². The maximum Gasteiger partial charge on any atom is 0.236 e. The molecule has 3 aliphatic heterocycles. The second-order valence-electron chi connectivity index (χ2n) is 6.77. The van der Waals surface area contributed by atoms with Gasteiger partial charge in [-0.3, -0.25) is 9.69 Å². The quantitative estimate of drug-likeness (QED) is 0.833. The molecule has 0 spiro atoms. The number of amides is 1. The molecule has 0 radical (unpaired) electrons. The van der Waals surface area contributed by atoms with Crippen LogP contribution in [0, 0.1) is 17.8 Å². The fraction of sp³-hybridized carbons (Fsp3) is 0.933. The van der Waals surface area contributed by atoms with Gasteiger partial charge in [-0.25, -0.2) is 0 Å². The van der Waals surface area contributed by atoms with Crippen molar-refractivity contribution in [1.82, 2.24) is 15.1 Å². The van der Waals surface area contributed by atoms with Crippen molar-refractivity contribution >= 4 is 18.3 Å². The first-order valence-corrected chi connectivity index (χ1v) is 7.93. The number of nitrogens with one attached hydrogen (secondary N) is 1. The molecule has 1 N–H and O–H groups in total. The molecule has 0 aromatic heterocycles. The average molecular weight is 302 g/mol. The van der Waals surface area contributed by atoms with Gasteiger partial charge in [-0.2, -0.15) is 0 Å². The first-order chi connectivity index (χ1) is 9.22. The molecule has 0 bridgehead atoms. The first kappa shape index (κ1) is 16.1. The molecule has 1 amide bonds.